The molecule has 0 bridgehead atoms. The zero-order valence-electron chi connectivity index (χ0n) is 16.3. The highest BCUT2D eigenvalue weighted by Crippen LogP contribution is 2.37. The fourth-order valence-electron chi connectivity index (χ4n) is 4.02. The van der Waals surface area contributed by atoms with Gasteiger partial charge in [-0.1, -0.05) is 41.5 Å². The van der Waals surface area contributed by atoms with E-state index >= 15 is 0 Å². The lowest BCUT2D eigenvalue weighted by molar-refractivity contribution is -0.297. The molecule has 2 saturated heterocycles. The van der Waals surface area contributed by atoms with Crippen molar-refractivity contribution in [2.45, 2.75) is 78.9 Å². The predicted octanol–water partition coefficient (Wildman–Crippen LogP) is 3.05. The maximum Gasteiger partial charge on any atom is 0.184 e. The Bertz CT molecular complexity index is 350. The minimum Gasteiger partial charge on any atom is -0.388 e. The van der Waals surface area contributed by atoms with Crippen LogP contribution in [0.3, 0.4) is 0 Å². The summed E-state index contributed by atoms with van der Waals surface area (Å²) in [6.45, 7) is 13.3. The Balaban J connectivity index is 1.96. The second kappa shape index (κ2) is 8.45. The van der Waals surface area contributed by atoms with Gasteiger partial charge in [-0.25, -0.2) is 0 Å². The molecule has 0 aliphatic carbocycles. The maximum absolute atomic E-state index is 10.5. The van der Waals surface area contributed by atoms with Crippen LogP contribution >= 0.6 is 0 Å². The van der Waals surface area contributed by atoms with Crippen molar-refractivity contribution in [1.82, 2.24) is 0 Å². The van der Waals surface area contributed by atoms with Crippen LogP contribution in [-0.2, 0) is 18.9 Å². The molecule has 5 nitrogen and oxygen atoms in total. The van der Waals surface area contributed by atoms with E-state index in [0.29, 0.717) is 30.3 Å². The van der Waals surface area contributed by atoms with Crippen molar-refractivity contribution in [3.63, 3.8) is 0 Å². The van der Waals surface area contributed by atoms with Gasteiger partial charge in [0, 0.05) is 13.0 Å². The van der Waals surface area contributed by atoms with E-state index in [-0.39, 0.29) is 24.4 Å². The van der Waals surface area contributed by atoms with Gasteiger partial charge in [-0.05, 0) is 30.1 Å². The zero-order valence-corrected chi connectivity index (χ0v) is 16.3. The highest BCUT2D eigenvalue weighted by Gasteiger charge is 2.43. The Hall–Kier alpha value is -0.200. The number of hydrogen-bond donors (Lipinski definition) is 1. The van der Waals surface area contributed by atoms with Crippen LogP contribution in [0, 0.1) is 29.6 Å². The Morgan fingerprint density at radius 1 is 0.792 bits per heavy atom. The highest BCUT2D eigenvalue weighted by atomic mass is 16.7. The molecule has 0 aromatic rings. The van der Waals surface area contributed by atoms with Gasteiger partial charge in [-0.15, -0.1) is 0 Å². The molecule has 0 saturated carbocycles. The summed E-state index contributed by atoms with van der Waals surface area (Å²) in [6, 6.07) is 0. The molecule has 10 atom stereocenters. The molecule has 0 radical (unpaired) electrons. The average Bonchev–Trinajstić information content (AvgIpc) is 2.58. The Labute approximate surface area is 147 Å². The smallest absolute Gasteiger partial charge is 0.184 e. The summed E-state index contributed by atoms with van der Waals surface area (Å²) in [5.41, 5.74) is 0. The Kier molecular flexibility index (Phi) is 7.09. The van der Waals surface area contributed by atoms with Gasteiger partial charge in [0.2, 0.25) is 0 Å². The number of rotatable bonds is 5. The molecule has 2 heterocycles. The van der Waals surface area contributed by atoms with Crippen molar-refractivity contribution in [2.75, 3.05) is 13.7 Å². The molecule has 2 aliphatic rings. The molecular weight excluding hydrogens is 308 g/mol. The van der Waals surface area contributed by atoms with Crippen LogP contribution in [0.5, 0.6) is 0 Å². The van der Waals surface area contributed by atoms with Crippen LogP contribution in [-0.4, -0.2) is 49.7 Å². The van der Waals surface area contributed by atoms with Gasteiger partial charge in [-0.2, -0.15) is 0 Å². The first-order chi connectivity index (χ1) is 11.3. The minimum absolute atomic E-state index is 0.0494. The fourth-order valence-corrected chi connectivity index (χ4v) is 4.02. The molecule has 0 aromatic carbocycles. The van der Waals surface area contributed by atoms with Crippen molar-refractivity contribution in [3.05, 3.63) is 0 Å². The lowest BCUT2D eigenvalue weighted by atomic mass is 9.79. The molecule has 2 aliphatic heterocycles. The van der Waals surface area contributed by atoms with E-state index < -0.39 is 12.4 Å². The molecule has 0 amide bonds. The van der Waals surface area contributed by atoms with Crippen LogP contribution in [0.1, 0.15) is 48.0 Å². The summed E-state index contributed by atoms with van der Waals surface area (Å²) in [4.78, 5) is 0. The molecule has 0 aromatic heterocycles. The van der Waals surface area contributed by atoms with Crippen LogP contribution in [0.2, 0.25) is 0 Å². The highest BCUT2D eigenvalue weighted by molar-refractivity contribution is 4.86. The van der Waals surface area contributed by atoms with Gasteiger partial charge in [0.15, 0.2) is 12.6 Å². The summed E-state index contributed by atoms with van der Waals surface area (Å²) in [5.74, 6) is 1.68. The van der Waals surface area contributed by atoms with E-state index in [9.17, 15) is 5.11 Å². The monoisotopic (exact) mass is 344 g/mol. The standard InChI is InChI=1S/C19H36O5/c1-8-15-12(4)13(5)17(20)19(23-15)22-9-16-11(3)10(2)14(6)18(21-7)24-16/h10-20H,8-9H2,1-7H3/t10-,11-,12-,13-,14?,15?,16?,17?,18-,19+/m0/s1. The van der Waals surface area contributed by atoms with E-state index in [1.54, 1.807) is 7.11 Å². The van der Waals surface area contributed by atoms with Crippen LogP contribution in [0.25, 0.3) is 0 Å². The van der Waals surface area contributed by atoms with Crippen LogP contribution < -0.4 is 0 Å². The maximum atomic E-state index is 10.5. The fraction of sp³-hybridized carbons (Fsp3) is 1.00. The topological polar surface area (TPSA) is 57.2 Å². The van der Waals surface area contributed by atoms with Gasteiger partial charge >= 0.3 is 0 Å². The summed E-state index contributed by atoms with van der Waals surface area (Å²) in [6.07, 6.45) is -0.377. The number of aliphatic hydroxyl groups excluding tert-OH is 1. The molecule has 1 N–H and O–H groups in total. The molecule has 5 heteroatoms. The van der Waals surface area contributed by atoms with E-state index in [4.69, 9.17) is 18.9 Å². The van der Waals surface area contributed by atoms with Gasteiger partial charge < -0.3 is 24.1 Å². The lowest BCUT2D eigenvalue weighted by Crippen LogP contribution is -2.52. The van der Waals surface area contributed by atoms with Gasteiger partial charge in [0.05, 0.1) is 18.8 Å². The summed E-state index contributed by atoms with van der Waals surface area (Å²) >= 11 is 0. The van der Waals surface area contributed by atoms with Gasteiger partial charge in [0.25, 0.3) is 0 Å². The van der Waals surface area contributed by atoms with E-state index in [0.717, 1.165) is 6.42 Å². The van der Waals surface area contributed by atoms with Gasteiger partial charge in [-0.3, -0.25) is 0 Å². The van der Waals surface area contributed by atoms with E-state index in [1.807, 2.05) is 0 Å². The van der Waals surface area contributed by atoms with Crippen molar-refractivity contribution in [3.8, 4) is 0 Å². The Morgan fingerprint density at radius 2 is 1.38 bits per heavy atom. The van der Waals surface area contributed by atoms with Crippen LogP contribution in [0.15, 0.2) is 0 Å². The summed E-state index contributed by atoms with van der Waals surface area (Å²) < 4.78 is 23.5. The van der Waals surface area contributed by atoms with Crippen LogP contribution in [0.4, 0.5) is 0 Å². The molecule has 4 unspecified atom stereocenters. The molecular formula is C19H36O5. The first kappa shape index (κ1) is 20.1. The first-order valence-electron chi connectivity index (χ1n) is 9.45. The zero-order chi connectivity index (χ0) is 18.0. The first-order valence-corrected chi connectivity index (χ1v) is 9.45. The van der Waals surface area contributed by atoms with Crippen molar-refractivity contribution >= 4 is 0 Å². The predicted molar refractivity (Wildman–Crippen MR) is 92.4 cm³/mol. The van der Waals surface area contributed by atoms with Crippen molar-refractivity contribution < 1.29 is 24.1 Å². The molecule has 2 rings (SSSR count). The third kappa shape index (κ3) is 3.96. The summed E-state index contributed by atoms with van der Waals surface area (Å²) in [5, 5.41) is 10.5. The number of ether oxygens (including phenoxy) is 4. The average molecular weight is 344 g/mol. The number of aliphatic hydroxyl groups is 1. The largest absolute Gasteiger partial charge is 0.388 e. The normalized spacial score (nSPS) is 50.0. The van der Waals surface area contributed by atoms with E-state index in [2.05, 4.69) is 41.5 Å². The van der Waals surface area contributed by atoms with Gasteiger partial charge in [0.1, 0.15) is 6.10 Å². The Morgan fingerprint density at radius 3 is 1.96 bits per heavy atom. The van der Waals surface area contributed by atoms with Crippen molar-refractivity contribution in [2.24, 2.45) is 29.6 Å². The molecule has 142 valence electrons. The second-order valence-electron chi connectivity index (χ2n) is 7.85. The summed E-state index contributed by atoms with van der Waals surface area (Å²) in [7, 11) is 1.69. The molecule has 24 heavy (non-hydrogen) atoms. The van der Waals surface area contributed by atoms with Crippen molar-refractivity contribution in [1.29, 1.82) is 0 Å². The third-order valence-electron chi connectivity index (χ3n) is 6.59. The third-order valence-corrected chi connectivity index (χ3v) is 6.59. The number of methoxy groups -OCH3 is 1. The minimum atomic E-state index is -0.601. The molecule has 0 spiro atoms. The lowest BCUT2D eigenvalue weighted by Gasteiger charge is -2.45. The second-order valence-corrected chi connectivity index (χ2v) is 7.85. The molecule has 2 fully saturated rings. The quantitative estimate of drug-likeness (QED) is 0.831. The SMILES string of the molecule is CCC1O[C@@H](OCC2O[C@H](OC)C(C)[C@@H](C)[C@@H]2C)C(O)[C@@H](C)[C@@H]1C. The number of hydrogen-bond acceptors (Lipinski definition) is 5. The van der Waals surface area contributed by atoms with E-state index in [1.165, 1.54) is 0 Å².